The Balaban J connectivity index is 2.40. The van der Waals surface area contributed by atoms with Gasteiger partial charge in [0.2, 0.25) is 5.76 Å². The molecule has 0 saturated carbocycles. The monoisotopic (exact) mass is 194 g/mol. The Morgan fingerprint density at radius 2 is 1.93 bits per heavy atom. The van der Waals surface area contributed by atoms with Crippen LogP contribution in [0.2, 0.25) is 0 Å². The summed E-state index contributed by atoms with van der Waals surface area (Å²) in [4.78, 5) is 22.2. The molecule has 0 aromatic rings. The first-order valence-corrected chi connectivity index (χ1v) is 4.57. The first-order chi connectivity index (χ1) is 6.68. The van der Waals surface area contributed by atoms with Gasteiger partial charge in [-0.1, -0.05) is 0 Å². The van der Waals surface area contributed by atoms with E-state index in [1.807, 2.05) is 0 Å². The predicted molar refractivity (Wildman–Crippen MR) is 47.3 cm³/mol. The van der Waals surface area contributed by atoms with Gasteiger partial charge in [-0.25, -0.2) is 4.79 Å². The third-order valence-electron chi connectivity index (χ3n) is 2.37. The van der Waals surface area contributed by atoms with Crippen molar-refractivity contribution in [3.63, 3.8) is 0 Å². The Labute approximate surface area is 80.9 Å². The number of aliphatic hydroxyl groups excluding tert-OH is 1. The van der Waals surface area contributed by atoms with Crippen molar-refractivity contribution < 1.29 is 19.4 Å². The minimum Gasteiger partial charge on any atom is -0.502 e. The van der Waals surface area contributed by atoms with Gasteiger partial charge in [0, 0.05) is 18.1 Å². The molecule has 2 aliphatic rings. The molecule has 0 unspecified atom stereocenters. The van der Waals surface area contributed by atoms with Gasteiger partial charge in [-0.15, -0.1) is 0 Å². The number of esters is 1. The van der Waals surface area contributed by atoms with Crippen molar-refractivity contribution in [3.05, 3.63) is 23.2 Å². The van der Waals surface area contributed by atoms with Gasteiger partial charge in [0.25, 0.3) is 0 Å². The standard InChI is InChI=1S/C10H10O4/c11-6-3-1-2-4-7-8(5-6)14-10(13)9(7)12/h5,12H,1-4H2/b8-5+. The lowest BCUT2D eigenvalue weighted by molar-refractivity contribution is -0.135. The molecule has 1 aliphatic carbocycles. The van der Waals surface area contributed by atoms with Gasteiger partial charge in [0.15, 0.2) is 5.78 Å². The number of hydrogen-bond donors (Lipinski definition) is 1. The van der Waals surface area contributed by atoms with E-state index in [0.29, 0.717) is 18.4 Å². The van der Waals surface area contributed by atoms with Gasteiger partial charge < -0.3 is 9.84 Å². The molecule has 0 spiro atoms. The fraction of sp³-hybridized carbons (Fsp3) is 0.400. The summed E-state index contributed by atoms with van der Waals surface area (Å²) in [5, 5.41) is 9.35. The molecule has 4 heteroatoms. The first kappa shape index (κ1) is 8.99. The van der Waals surface area contributed by atoms with Crippen LogP contribution in [0.4, 0.5) is 0 Å². The maximum absolute atomic E-state index is 11.2. The molecular formula is C10H10O4. The zero-order chi connectivity index (χ0) is 10.1. The quantitative estimate of drug-likeness (QED) is 0.592. The largest absolute Gasteiger partial charge is 0.502 e. The van der Waals surface area contributed by atoms with Gasteiger partial charge >= 0.3 is 5.97 Å². The Morgan fingerprint density at radius 3 is 2.71 bits per heavy atom. The molecule has 0 aromatic heterocycles. The summed E-state index contributed by atoms with van der Waals surface area (Å²) in [6.45, 7) is 0. The Kier molecular flexibility index (Phi) is 2.11. The van der Waals surface area contributed by atoms with Gasteiger partial charge in [0.1, 0.15) is 5.76 Å². The normalized spacial score (nSPS) is 26.1. The second-order valence-electron chi connectivity index (χ2n) is 3.40. The van der Waals surface area contributed by atoms with Crippen molar-refractivity contribution in [1.82, 2.24) is 0 Å². The van der Waals surface area contributed by atoms with Crippen LogP contribution in [-0.2, 0) is 14.3 Å². The minimum atomic E-state index is -0.749. The summed E-state index contributed by atoms with van der Waals surface area (Å²) in [5.74, 6) is -0.913. The summed E-state index contributed by atoms with van der Waals surface area (Å²) in [6, 6.07) is 0. The lowest BCUT2D eigenvalue weighted by Crippen LogP contribution is -2.01. The maximum Gasteiger partial charge on any atom is 0.379 e. The van der Waals surface area contributed by atoms with Crippen LogP contribution in [0.1, 0.15) is 25.7 Å². The molecule has 1 heterocycles. The van der Waals surface area contributed by atoms with Crippen LogP contribution >= 0.6 is 0 Å². The molecular weight excluding hydrogens is 184 g/mol. The summed E-state index contributed by atoms with van der Waals surface area (Å²) >= 11 is 0. The highest BCUT2D eigenvalue weighted by molar-refractivity contribution is 5.96. The average molecular weight is 194 g/mol. The second-order valence-corrected chi connectivity index (χ2v) is 3.40. The van der Waals surface area contributed by atoms with E-state index in [9.17, 15) is 14.7 Å². The van der Waals surface area contributed by atoms with E-state index in [-0.39, 0.29) is 17.3 Å². The molecule has 0 bridgehead atoms. The fourth-order valence-electron chi connectivity index (χ4n) is 1.63. The van der Waals surface area contributed by atoms with E-state index in [1.54, 1.807) is 0 Å². The number of fused-ring (bicyclic) bond motifs is 1. The summed E-state index contributed by atoms with van der Waals surface area (Å²) in [6.07, 6.45) is 3.95. The van der Waals surface area contributed by atoms with Crippen LogP contribution in [0, 0.1) is 0 Å². The molecule has 14 heavy (non-hydrogen) atoms. The zero-order valence-corrected chi connectivity index (χ0v) is 7.58. The first-order valence-electron chi connectivity index (χ1n) is 4.57. The SMILES string of the molecule is O=C1/C=C2/OC(=O)C(O)=C2CCCC1. The molecule has 1 aliphatic heterocycles. The van der Waals surface area contributed by atoms with Crippen LogP contribution in [0.25, 0.3) is 0 Å². The van der Waals surface area contributed by atoms with Crippen LogP contribution in [0.15, 0.2) is 23.2 Å². The van der Waals surface area contributed by atoms with Crippen molar-refractivity contribution in [3.8, 4) is 0 Å². The molecule has 0 saturated heterocycles. The third-order valence-corrected chi connectivity index (χ3v) is 2.37. The Morgan fingerprint density at radius 1 is 1.21 bits per heavy atom. The Hall–Kier alpha value is -1.58. The predicted octanol–water partition coefficient (Wildman–Crippen LogP) is 1.38. The molecule has 4 nitrogen and oxygen atoms in total. The number of ketones is 1. The number of hydrogen-bond acceptors (Lipinski definition) is 4. The highest BCUT2D eigenvalue weighted by Gasteiger charge is 2.30. The van der Waals surface area contributed by atoms with E-state index in [0.717, 1.165) is 12.8 Å². The molecule has 0 radical (unpaired) electrons. The number of ether oxygens (including phenoxy) is 1. The van der Waals surface area contributed by atoms with Crippen LogP contribution in [0.3, 0.4) is 0 Å². The van der Waals surface area contributed by atoms with Crippen molar-refractivity contribution in [2.24, 2.45) is 0 Å². The van der Waals surface area contributed by atoms with E-state index in [2.05, 4.69) is 0 Å². The van der Waals surface area contributed by atoms with Gasteiger partial charge in [0.05, 0.1) is 0 Å². The van der Waals surface area contributed by atoms with Gasteiger partial charge in [-0.2, -0.15) is 0 Å². The van der Waals surface area contributed by atoms with Crippen LogP contribution in [0.5, 0.6) is 0 Å². The number of rotatable bonds is 0. The molecule has 0 atom stereocenters. The maximum atomic E-state index is 11.2. The lowest BCUT2D eigenvalue weighted by atomic mass is 10.00. The average Bonchev–Trinajstić information content (AvgIpc) is 2.35. The van der Waals surface area contributed by atoms with Crippen molar-refractivity contribution in [2.45, 2.75) is 25.7 Å². The highest BCUT2D eigenvalue weighted by atomic mass is 16.6. The van der Waals surface area contributed by atoms with Crippen LogP contribution in [-0.4, -0.2) is 16.9 Å². The van der Waals surface area contributed by atoms with Gasteiger partial charge in [-0.3, -0.25) is 4.79 Å². The fourth-order valence-corrected chi connectivity index (χ4v) is 1.63. The summed E-state index contributed by atoms with van der Waals surface area (Å²) < 4.78 is 4.76. The molecule has 0 aromatic carbocycles. The number of allylic oxidation sites excluding steroid dienone is 2. The van der Waals surface area contributed by atoms with Crippen molar-refractivity contribution in [1.29, 1.82) is 0 Å². The number of carbonyl (C=O) groups is 2. The zero-order valence-electron chi connectivity index (χ0n) is 7.58. The molecule has 0 amide bonds. The third kappa shape index (κ3) is 1.43. The molecule has 0 fully saturated rings. The lowest BCUT2D eigenvalue weighted by Gasteiger charge is -2.06. The summed E-state index contributed by atoms with van der Waals surface area (Å²) in [7, 11) is 0. The van der Waals surface area contributed by atoms with Crippen molar-refractivity contribution >= 4 is 11.8 Å². The topological polar surface area (TPSA) is 63.6 Å². The highest BCUT2D eigenvalue weighted by Crippen LogP contribution is 2.30. The van der Waals surface area contributed by atoms with Crippen LogP contribution < -0.4 is 0 Å². The smallest absolute Gasteiger partial charge is 0.379 e. The molecule has 2 rings (SSSR count). The minimum absolute atomic E-state index is 0.0558. The molecule has 1 N–H and O–H groups in total. The molecule has 74 valence electrons. The number of aliphatic hydroxyl groups is 1. The number of carbonyl (C=O) groups excluding carboxylic acids is 2. The van der Waals surface area contributed by atoms with Crippen molar-refractivity contribution in [2.75, 3.05) is 0 Å². The van der Waals surface area contributed by atoms with E-state index < -0.39 is 5.97 Å². The van der Waals surface area contributed by atoms with E-state index in [1.165, 1.54) is 6.08 Å². The summed E-state index contributed by atoms with van der Waals surface area (Å²) in [5.41, 5.74) is 0.475. The van der Waals surface area contributed by atoms with E-state index in [4.69, 9.17) is 4.74 Å². The van der Waals surface area contributed by atoms with E-state index >= 15 is 0 Å². The Bertz CT molecular complexity index is 362. The second kappa shape index (κ2) is 3.29. The van der Waals surface area contributed by atoms with Gasteiger partial charge in [-0.05, 0) is 19.3 Å².